The lowest BCUT2D eigenvalue weighted by molar-refractivity contribution is 0.0458. The molecule has 0 spiro atoms. The Morgan fingerprint density at radius 3 is 2.83 bits per heavy atom. The topological polar surface area (TPSA) is 49.1 Å². The summed E-state index contributed by atoms with van der Waals surface area (Å²) >= 11 is 5.91. The minimum absolute atomic E-state index is 0.348. The second-order valence-electron chi connectivity index (χ2n) is 4.29. The highest BCUT2D eigenvalue weighted by Crippen LogP contribution is 2.22. The van der Waals surface area contributed by atoms with Crippen LogP contribution in [0.25, 0.3) is 0 Å². The summed E-state index contributed by atoms with van der Waals surface area (Å²) in [6, 6.07) is 5.47. The first-order valence-corrected chi connectivity index (χ1v) is 6.55. The molecule has 1 aromatic rings. The highest BCUT2D eigenvalue weighted by Gasteiger charge is 2.20. The van der Waals surface area contributed by atoms with Crippen LogP contribution in [-0.4, -0.2) is 30.8 Å². The monoisotopic (exact) mass is 265 g/mol. The average molecular weight is 266 g/mol. The minimum Gasteiger partial charge on any atom is -0.378 e. The van der Waals surface area contributed by atoms with Crippen molar-refractivity contribution in [3.05, 3.63) is 22.8 Å². The number of hydrogen-bond donors (Lipinski definition) is 0. The molecule has 1 saturated heterocycles. The van der Waals surface area contributed by atoms with Gasteiger partial charge >= 0.3 is 0 Å². The van der Waals surface area contributed by atoms with Gasteiger partial charge in [0.05, 0.1) is 17.7 Å². The maximum Gasteiger partial charge on any atom is 0.132 e. The van der Waals surface area contributed by atoms with E-state index in [4.69, 9.17) is 21.6 Å². The summed E-state index contributed by atoms with van der Waals surface area (Å²) in [5.74, 6) is 0.786. The zero-order valence-corrected chi connectivity index (χ0v) is 11.2. The molecule has 18 heavy (non-hydrogen) atoms. The normalized spacial score (nSPS) is 16.6. The van der Waals surface area contributed by atoms with Crippen LogP contribution in [0.3, 0.4) is 0 Å². The summed E-state index contributed by atoms with van der Waals surface area (Å²) in [6.07, 6.45) is 2.33. The van der Waals surface area contributed by atoms with Gasteiger partial charge < -0.3 is 9.64 Å². The lowest BCUT2D eigenvalue weighted by atomic mass is 10.1. The van der Waals surface area contributed by atoms with Gasteiger partial charge in [-0.1, -0.05) is 11.6 Å². The van der Waals surface area contributed by atoms with Gasteiger partial charge in [-0.15, -0.1) is 0 Å². The lowest BCUT2D eigenvalue weighted by Gasteiger charge is -2.32. The highest BCUT2D eigenvalue weighted by molar-refractivity contribution is 6.29. The Balaban J connectivity index is 2.05. The van der Waals surface area contributed by atoms with Gasteiger partial charge in [-0.25, -0.2) is 4.98 Å². The summed E-state index contributed by atoms with van der Waals surface area (Å²) in [5, 5.41) is 9.29. The molecule has 2 heterocycles. The quantitative estimate of drug-likeness (QED) is 0.789. The molecule has 0 saturated carbocycles. The Labute approximate surface area is 112 Å². The van der Waals surface area contributed by atoms with Crippen molar-refractivity contribution < 1.29 is 4.74 Å². The van der Waals surface area contributed by atoms with Gasteiger partial charge in [-0.3, -0.25) is 0 Å². The van der Waals surface area contributed by atoms with Crippen molar-refractivity contribution in [3.8, 4) is 6.07 Å². The van der Waals surface area contributed by atoms with E-state index in [-0.39, 0.29) is 0 Å². The Kier molecular flexibility index (Phi) is 4.40. The molecule has 0 unspecified atom stereocenters. The van der Waals surface area contributed by atoms with Crippen LogP contribution in [-0.2, 0) is 4.74 Å². The number of anilines is 1. The predicted molar refractivity (Wildman–Crippen MR) is 70.8 cm³/mol. The number of hydrogen-bond acceptors (Lipinski definition) is 4. The van der Waals surface area contributed by atoms with E-state index in [1.807, 2.05) is 6.92 Å². The number of aromatic nitrogens is 1. The zero-order valence-electron chi connectivity index (χ0n) is 10.4. The second-order valence-corrected chi connectivity index (χ2v) is 4.68. The third kappa shape index (κ3) is 3.12. The largest absolute Gasteiger partial charge is 0.378 e. The van der Waals surface area contributed by atoms with E-state index in [2.05, 4.69) is 16.0 Å². The molecule has 0 bridgehead atoms. The van der Waals surface area contributed by atoms with E-state index >= 15 is 0 Å². The van der Waals surface area contributed by atoms with Crippen LogP contribution in [0.2, 0.25) is 5.15 Å². The third-order valence-corrected chi connectivity index (χ3v) is 3.27. The Morgan fingerprint density at radius 1 is 1.50 bits per heavy atom. The van der Waals surface area contributed by atoms with Gasteiger partial charge in [0, 0.05) is 19.7 Å². The molecule has 0 aliphatic carbocycles. The number of piperidine rings is 1. The maximum absolute atomic E-state index is 8.92. The first-order chi connectivity index (χ1) is 8.72. The first kappa shape index (κ1) is 13.1. The molecule has 0 aromatic carbocycles. The molecule has 0 atom stereocenters. The van der Waals surface area contributed by atoms with Gasteiger partial charge in [0.1, 0.15) is 11.0 Å². The van der Waals surface area contributed by atoms with Gasteiger partial charge in [-0.05, 0) is 31.9 Å². The molecule has 1 aliphatic rings. The van der Waals surface area contributed by atoms with Gasteiger partial charge in [0.2, 0.25) is 0 Å². The van der Waals surface area contributed by atoms with Crippen LogP contribution >= 0.6 is 11.6 Å². The predicted octanol–water partition coefficient (Wildman–Crippen LogP) is 2.61. The third-order valence-electron chi connectivity index (χ3n) is 3.08. The average Bonchev–Trinajstić information content (AvgIpc) is 2.39. The lowest BCUT2D eigenvalue weighted by Crippen LogP contribution is -2.37. The fourth-order valence-electron chi connectivity index (χ4n) is 2.20. The number of halogens is 1. The fourth-order valence-corrected chi connectivity index (χ4v) is 2.40. The molecule has 4 nitrogen and oxygen atoms in total. The Hall–Kier alpha value is -1.31. The van der Waals surface area contributed by atoms with Crippen molar-refractivity contribution in [3.63, 3.8) is 0 Å². The number of nitrogens with zero attached hydrogens (tertiary/aromatic N) is 3. The van der Waals surface area contributed by atoms with E-state index in [9.17, 15) is 0 Å². The molecule has 0 N–H and O–H groups in total. The standard InChI is InChI=1S/C13H16ClN3O/c1-2-18-11-3-5-17(6-4-11)13-8-10(9-15)7-12(14)16-13/h7-8,11H,2-6H2,1H3. The molecular formula is C13H16ClN3O. The van der Waals surface area contributed by atoms with E-state index in [1.165, 1.54) is 0 Å². The van der Waals surface area contributed by atoms with E-state index < -0.39 is 0 Å². The Morgan fingerprint density at radius 2 is 2.22 bits per heavy atom. The summed E-state index contributed by atoms with van der Waals surface area (Å²) < 4.78 is 5.61. The zero-order chi connectivity index (χ0) is 13.0. The maximum atomic E-state index is 8.92. The minimum atomic E-state index is 0.348. The number of rotatable bonds is 3. The molecule has 2 rings (SSSR count). The van der Waals surface area contributed by atoms with E-state index in [1.54, 1.807) is 12.1 Å². The molecular weight excluding hydrogens is 250 g/mol. The Bertz CT molecular complexity index is 450. The SMILES string of the molecule is CCOC1CCN(c2cc(C#N)cc(Cl)n2)CC1. The van der Waals surface area contributed by atoms with Gasteiger partial charge in [-0.2, -0.15) is 5.26 Å². The smallest absolute Gasteiger partial charge is 0.132 e. The summed E-state index contributed by atoms with van der Waals surface area (Å²) in [7, 11) is 0. The second kappa shape index (κ2) is 6.03. The molecule has 5 heteroatoms. The number of ether oxygens (including phenoxy) is 1. The molecule has 96 valence electrons. The van der Waals surface area contributed by atoms with E-state index in [0.717, 1.165) is 38.4 Å². The van der Waals surface area contributed by atoms with Crippen LogP contribution in [0.5, 0.6) is 0 Å². The first-order valence-electron chi connectivity index (χ1n) is 6.17. The van der Waals surface area contributed by atoms with Crippen LogP contribution in [0.4, 0.5) is 5.82 Å². The number of nitriles is 1. The van der Waals surface area contributed by atoms with Crippen molar-refractivity contribution in [2.45, 2.75) is 25.9 Å². The van der Waals surface area contributed by atoms with Gasteiger partial charge in [0.15, 0.2) is 0 Å². The van der Waals surface area contributed by atoms with Crippen molar-refractivity contribution >= 4 is 17.4 Å². The van der Waals surface area contributed by atoms with E-state index in [0.29, 0.717) is 16.8 Å². The molecule has 1 aliphatic heterocycles. The molecule has 0 radical (unpaired) electrons. The number of pyridine rings is 1. The van der Waals surface area contributed by atoms with Crippen molar-refractivity contribution in [1.82, 2.24) is 4.98 Å². The van der Waals surface area contributed by atoms with Crippen molar-refractivity contribution in [2.24, 2.45) is 0 Å². The van der Waals surface area contributed by atoms with Crippen LogP contribution in [0.1, 0.15) is 25.3 Å². The molecule has 0 amide bonds. The van der Waals surface area contributed by atoms with Crippen molar-refractivity contribution in [1.29, 1.82) is 5.26 Å². The fraction of sp³-hybridized carbons (Fsp3) is 0.538. The summed E-state index contributed by atoms with van der Waals surface area (Å²) in [5.41, 5.74) is 0.553. The van der Waals surface area contributed by atoms with Crippen LogP contribution in [0, 0.1) is 11.3 Å². The van der Waals surface area contributed by atoms with Crippen LogP contribution < -0.4 is 4.90 Å². The summed E-state index contributed by atoms with van der Waals surface area (Å²) in [6.45, 7) is 4.56. The molecule has 1 fully saturated rings. The molecule has 1 aromatic heterocycles. The highest BCUT2D eigenvalue weighted by atomic mass is 35.5. The van der Waals surface area contributed by atoms with Crippen LogP contribution in [0.15, 0.2) is 12.1 Å². The summed E-state index contributed by atoms with van der Waals surface area (Å²) in [4.78, 5) is 6.43. The van der Waals surface area contributed by atoms with Crippen molar-refractivity contribution in [2.75, 3.05) is 24.6 Å². The van der Waals surface area contributed by atoms with Gasteiger partial charge in [0.25, 0.3) is 0 Å².